The van der Waals surface area contributed by atoms with Crippen molar-refractivity contribution in [1.29, 1.82) is 0 Å². The van der Waals surface area contributed by atoms with E-state index in [9.17, 15) is 14.7 Å². The van der Waals surface area contributed by atoms with Crippen molar-refractivity contribution in [3.8, 4) is 11.1 Å². The first-order chi connectivity index (χ1) is 14.5. The number of amides is 1. The molecule has 0 aliphatic heterocycles. The van der Waals surface area contributed by atoms with E-state index in [0.717, 1.165) is 21.9 Å². The zero-order valence-electron chi connectivity index (χ0n) is 16.1. The summed E-state index contributed by atoms with van der Waals surface area (Å²) in [6, 6.07) is 15.2. The van der Waals surface area contributed by atoms with Crippen molar-refractivity contribution < 1.29 is 23.8 Å². The first-order valence-electron chi connectivity index (χ1n) is 9.64. The highest BCUT2D eigenvalue weighted by atomic mass is 16.4. The fraction of sp³-hybridized carbons (Fsp3) is 0.217. The lowest BCUT2D eigenvalue weighted by Crippen LogP contribution is -2.34. The van der Waals surface area contributed by atoms with Gasteiger partial charge in [-0.15, -0.1) is 0 Å². The molecule has 1 unspecified atom stereocenters. The van der Waals surface area contributed by atoms with Gasteiger partial charge in [0.1, 0.15) is 11.2 Å². The van der Waals surface area contributed by atoms with E-state index in [0.29, 0.717) is 16.7 Å². The normalized spacial score (nSPS) is 12.3. The molecule has 1 amide bonds. The Hall–Kier alpha value is -3.42. The molecule has 3 N–H and O–H groups in total. The first-order valence-corrected chi connectivity index (χ1v) is 9.64. The average molecular weight is 407 g/mol. The summed E-state index contributed by atoms with van der Waals surface area (Å²) in [7, 11) is 0. The van der Waals surface area contributed by atoms with Crippen LogP contribution < -0.4 is 10.9 Å². The highest BCUT2D eigenvalue weighted by Gasteiger charge is 2.13. The van der Waals surface area contributed by atoms with Gasteiger partial charge in [0.05, 0.1) is 19.0 Å². The number of hydrogen-bond donors (Lipinski definition) is 3. The van der Waals surface area contributed by atoms with E-state index in [-0.39, 0.29) is 25.3 Å². The Morgan fingerprint density at radius 1 is 1.10 bits per heavy atom. The molecule has 1 atom stereocenters. The van der Waals surface area contributed by atoms with Gasteiger partial charge in [-0.2, -0.15) is 0 Å². The molecular weight excluding hydrogens is 386 g/mol. The zero-order chi connectivity index (χ0) is 21.1. The van der Waals surface area contributed by atoms with Crippen LogP contribution in [0.15, 0.2) is 68.4 Å². The van der Waals surface area contributed by atoms with Crippen LogP contribution in [0, 0.1) is 0 Å². The molecule has 2 aromatic carbocycles. The summed E-state index contributed by atoms with van der Waals surface area (Å²) < 4.78 is 11.1. The van der Waals surface area contributed by atoms with Gasteiger partial charge in [-0.05, 0) is 24.1 Å². The van der Waals surface area contributed by atoms with Crippen LogP contribution >= 0.6 is 0 Å². The lowest BCUT2D eigenvalue weighted by molar-refractivity contribution is -0.121. The molecule has 0 radical (unpaired) electrons. The third-order valence-corrected chi connectivity index (χ3v) is 4.95. The summed E-state index contributed by atoms with van der Waals surface area (Å²) in [4.78, 5) is 24.2. The maximum atomic E-state index is 12.3. The van der Waals surface area contributed by atoms with E-state index in [4.69, 9.17) is 13.9 Å². The molecule has 7 nitrogen and oxygen atoms in total. The van der Waals surface area contributed by atoms with Gasteiger partial charge in [0.2, 0.25) is 5.91 Å². The smallest absolute Gasteiger partial charge is 0.339 e. The van der Waals surface area contributed by atoms with Crippen LogP contribution in [0.1, 0.15) is 12.0 Å². The van der Waals surface area contributed by atoms with Crippen molar-refractivity contribution in [3.63, 3.8) is 0 Å². The Kier molecular flexibility index (Phi) is 5.65. The van der Waals surface area contributed by atoms with Crippen molar-refractivity contribution in [2.45, 2.75) is 18.9 Å². The van der Waals surface area contributed by atoms with Crippen LogP contribution in [-0.4, -0.2) is 35.4 Å². The number of carbonyl (C=O) groups excluding carboxylic acids is 1. The SMILES string of the molecule is O=C(CCc1cc2cc3c(-c4ccccc4)coc3cc2oc1=O)NCC(O)CO. The van der Waals surface area contributed by atoms with Crippen molar-refractivity contribution in [2.75, 3.05) is 13.2 Å². The molecule has 30 heavy (non-hydrogen) atoms. The molecule has 2 aromatic heterocycles. The molecule has 0 aliphatic rings. The molecule has 4 aromatic rings. The van der Waals surface area contributed by atoms with Crippen LogP contribution in [-0.2, 0) is 11.2 Å². The highest BCUT2D eigenvalue weighted by Crippen LogP contribution is 2.33. The number of aliphatic hydroxyl groups is 2. The number of aryl methyl sites for hydroxylation is 1. The number of aliphatic hydroxyl groups excluding tert-OH is 2. The second-order valence-corrected chi connectivity index (χ2v) is 7.10. The maximum absolute atomic E-state index is 12.3. The maximum Gasteiger partial charge on any atom is 0.339 e. The second kappa shape index (κ2) is 8.52. The minimum atomic E-state index is -1.00. The summed E-state index contributed by atoms with van der Waals surface area (Å²) in [5.41, 5.74) is 2.90. The number of carbonyl (C=O) groups is 1. The van der Waals surface area contributed by atoms with E-state index in [1.165, 1.54) is 0 Å². The summed E-state index contributed by atoms with van der Waals surface area (Å²) in [6.07, 6.45) is 0.950. The monoisotopic (exact) mass is 407 g/mol. The van der Waals surface area contributed by atoms with E-state index >= 15 is 0 Å². The van der Waals surface area contributed by atoms with Gasteiger partial charge in [-0.1, -0.05) is 30.3 Å². The average Bonchev–Trinajstić information content (AvgIpc) is 3.17. The number of hydrogen-bond acceptors (Lipinski definition) is 6. The molecule has 0 bridgehead atoms. The zero-order valence-corrected chi connectivity index (χ0v) is 16.1. The molecule has 0 saturated heterocycles. The van der Waals surface area contributed by atoms with E-state index in [1.54, 1.807) is 18.4 Å². The van der Waals surface area contributed by atoms with Gasteiger partial charge in [0.25, 0.3) is 0 Å². The standard InChI is InChI=1S/C23H21NO6/c25-12-17(26)11-24-22(27)7-6-15-8-16-9-18-19(14-4-2-1-3-5-14)13-29-21(18)10-20(16)30-23(15)28/h1-5,8-10,13,17,25-26H,6-7,11-12H2,(H,24,27). The molecule has 7 heteroatoms. The van der Waals surface area contributed by atoms with Crippen molar-refractivity contribution in [2.24, 2.45) is 0 Å². The Labute approximate surface area is 171 Å². The molecule has 2 heterocycles. The summed E-state index contributed by atoms with van der Waals surface area (Å²) in [5.74, 6) is -0.321. The topological polar surface area (TPSA) is 113 Å². The fourth-order valence-corrected chi connectivity index (χ4v) is 3.33. The van der Waals surface area contributed by atoms with Gasteiger partial charge in [-0.3, -0.25) is 4.79 Å². The van der Waals surface area contributed by atoms with Crippen LogP contribution in [0.5, 0.6) is 0 Å². The van der Waals surface area contributed by atoms with E-state index < -0.39 is 18.3 Å². The van der Waals surface area contributed by atoms with Gasteiger partial charge < -0.3 is 24.4 Å². The van der Waals surface area contributed by atoms with Crippen LogP contribution in [0.25, 0.3) is 33.1 Å². The quantitative estimate of drug-likeness (QED) is 0.406. The van der Waals surface area contributed by atoms with Crippen LogP contribution in [0.3, 0.4) is 0 Å². The number of nitrogens with one attached hydrogen (secondary N) is 1. The predicted octanol–water partition coefficient (Wildman–Crippen LogP) is 2.61. The van der Waals surface area contributed by atoms with Crippen molar-refractivity contribution in [3.05, 3.63) is 70.8 Å². The van der Waals surface area contributed by atoms with Gasteiger partial charge in [0.15, 0.2) is 0 Å². The third-order valence-electron chi connectivity index (χ3n) is 4.95. The summed E-state index contributed by atoms with van der Waals surface area (Å²) in [6.45, 7) is -0.468. The van der Waals surface area contributed by atoms with Crippen molar-refractivity contribution in [1.82, 2.24) is 5.32 Å². The van der Waals surface area contributed by atoms with Crippen LogP contribution in [0.2, 0.25) is 0 Å². The van der Waals surface area contributed by atoms with E-state index in [1.807, 2.05) is 36.4 Å². The van der Waals surface area contributed by atoms with Gasteiger partial charge in [-0.25, -0.2) is 4.79 Å². The molecule has 0 saturated carbocycles. The van der Waals surface area contributed by atoms with Crippen molar-refractivity contribution >= 4 is 27.8 Å². The number of benzene rings is 2. The van der Waals surface area contributed by atoms with Gasteiger partial charge >= 0.3 is 5.63 Å². The molecule has 0 fully saturated rings. The Balaban J connectivity index is 1.61. The lowest BCUT2D eigenvalue weighted by Gasteiger charge is -2.08. The molecule has 4 rings (SSSR count). The Morgan fingerprint density at radius 3 is 2.67 bits per heavy atom. The Bertz CT molecular complexity index is 1240. The highest BCUT2D eigenvalue weighted by molar-refractivity contribution is 6.01. The number of fused-ring (bicyclic) bond motifs is 2. The largest absolute Gasteiger partial charge is 0.464 e. The third kappa shape index (κ3) is 4.12. The minimum Gasteiger partial charge on any atom is -0.464 e. The molecule has 154 valence electrons. The lowest BCUT2D eigenvalue weighted by atomic mass is 10.0. The van der Waals surface area contributed by atoms with Crippen LogP contribution in [0.4, 0.5) is 0 Å². The molecule has 0 spiro atoms. The summed E-state index contributed by atoms with van der Waals surface area (Å²) >= 11 is 0. The number of rotatable bonds is 7. The second-order valence-electron chi connectivity index (χ2n) is 7.10. The van der Waals surface area contributed by atoms with Gasteiger partial charge in [0, 0.05) is 40.9 Å². The minimum absolute atomic E-state index is 0.0393. The van der Waals surface area contributed by atoms with E-state index in [2.05, 4.69) is 5.32 Å². The first kappa shape index (κ1) is 19.9. The fourth-order valence-electron chi connectivity index (χ4n) is 3.33. The molecular formula is C23H21NO6. The Morgan fingerprint density at radius 2 is 1.90 bits per heavy atom. The number of furan rings is 1. The summed E-state index contributed by atoms with van der Waals surface area (Å²) in [5, 5.41) is 22.2. The molecule has 0 aliphatic carbocycles. The predicted molar refractivity (Wildman–Crippen MR) is 112 cm³/mol.